The van der Waals surface area contributed by atoms with Crippen molar-refractivity contribution in [3.05, 3.63) is 35.4 Å². The Labute approximate surface area is 119 Å². The molecule has 1 aromatic rings. The molecule has 0 radical (unpaired) electrons. The second-order valence-corrected chi connectivity index (χ2v) is 6.95. The van der Waals surface area contributed by atoms with E-state index >= 15 is 0 Å². The number of hydrogen-bond donors (Lipinski definition) is 1. The molecule has 1 heterocycles. The average Bonchev–Trinajstić information content (AvgIpc) is 2.39. The van der Waals surface area contributed by atoms with Crippen LogP contribution < -0.4 is 5.32 Å². The maximum absolute atomic E-state index is 12.6. The number of halogens is 3. The number of benzene rings is 1. The summed E-state index contributed by atoms with van der Waals surface area (Å²) in [4.78, 5) is 0. The van der Waals surface area contributed by atoms with Crippen molar-refractivity contribution in [2.45, 2.75) is 18.0 Å². The van der Waals surface area contributed by atoms with Gasteiger partial charge in [-0.15, -0.1) is 0 Å². The highest BCUT2D eigenvalue weighted by Crippen LogP contribution is 2.29. The molecule has 1 fully saturated rings. The molecule has 6 heteroatoms. The van der Waals surface area contributed by atoms with Gasteiger partial charge in [0.05, 0.1) is 5.56 Å². The molecular formula is C13H16F3NS2. The standard InChI is InChI=1S/C13H16F3NS2/c14-13(15,16)11-3-1-2-10(6-11)7-17-8-12-9-18-4-5-19-12/h1-3,6,12,17H,4-5,7-9H2. The molecule has 1 unspecified atom stereocenters. The number of thioether (sulfide) groups is 2. The van der Waals surface area contributed by atoms with Crippen LogP contribution >= 0.6 is 23.5 Å². The van der Waals surface area contributed by atoms with Gasteiger partial charge in [0.25, 0.3) is 0 Å². The number of nitrogens with one attached hydrogen (secondary N) is 1. The van der Waals surface area contributed by atoms with Crippen LogP contribution in [0.5, 0.6) is 0 Å². The van der Waals surface area contributed by atoms with Crippen LogP contribution in [0.1, 0.15) is 11.1 Å². The van der Waals surface area contributed by atoms with Crippen LogP contribution in [-0.4, -0.2) is 29.1 Å². The maximum atomic E-state index is 12.6. The zero-order chi connectivity index (χ0) is 13.7. The molecule has 0 aromatic heterocycles. The van der Waals surface area contributed by atoms with Gasteiger partial charge in [0.2, 0.25) is 0 Å². The smallest absolute Gasteiger partial charge is 0.312 e. The van der Waals surface area contributed by atoms with Crippen molar-refractivity contribution in [1.29, 1.82) is 0 Å². The predicted molar refractivity (Wildman–Crippen MR) is 76.7 cm³/mol. The minimum absolute atomic E-state index is 0.492. The average molecular weight is 307 g/mol. The first-order chi connectivity index (χ1) is 9.05. The van der Waals surface area contributed by atoms with Gasteiger partial charge in [0.1, 0.15) is 0 Å². The fraction of sp³-hybridized carbons (Fsp3) is 0.538. The molecule has 106 valence electrons. The topological polar surface area (TPSA) is 12.0 Å². The second-order valence-electron chi connectivity index (χ2n) is 4.40. The van der Waals surface area contributed by atoms with Crippen LogP contribution in [0.2, 0.25) is 0 Å². The summed E-state index contributed by atoms with van der Waals surface area (Å²) in [7, 11) is 0. The van der Waals surface area contributed by atoms with Gasteiger partial charge in [-0.1, -0.05) is 18.2 Å². The fourth-order valence-electron chi connectivity index (χ4n) is 1.89. The van der Waals surface area contributed by atoms with E-state index in [-0.39, 0.29) is 0 Å². The maximum Gasteiger partial charge on any atom is 0.416 e. The van der Waals surface area contributed by atoms with E-state index in [1.165, 1.54) is 23.6 Å². The van der Waals surface area contributed by atoms with Crippen LogP contribution in [0.4, 0.5) is 13.2 Å². The zero-order valence-corrected chi connectivity index (χ0v) is 12.0. The van der Waals surface area contributed by atoms with E-state index < -0.39 is 11.7 Å². The van der Waals surface area contributed by atoms with Crippen LogP contribution in [0.25, 0.3) is 0 Å². The lowest BCUT2D eigenvalue weighted by Crippen LogP contribution is -2.28. The molecule has 1 aromatic carbocycles. The van der Waals surface area contributed by atoms with Gasteiger partial charge in [0, 0.05) is 35.6 Å². The number of alkyl halides is 3. The van der Waals surface area contributed by atoms with Gasteiger partial charge in [-0.05, 0) is 11.6 Å². The van der Waals surface area contributed by atoms with E-state index in [9.17, 15) is 13.2 Å². The van der Waals surface area contributed by atoms with Gasteiger partial charge in [0.15, 0.2) is 0 Å². The lowest BCUT2D eigenvalue weighted by molar-refractivity contribution is -0.137. The van der Waals surface area contributed by atoms with Crippen LogP contribution in [0, 0.1) is 0 Å². The Morgan fingerprint density at radius 3 is 2.79 bits per heavy atom. The molecule has 0 aliphatic carbocycles. The molecule has 0 bridgehead atoms. The van der Waals surface area contributed by atoms with E-state index in [2.05, 4.69) is 5.32 Å². The molecule has 1 aliphatic rings. The van der Waals surface area contributed by atoms with E-state index in [1.807, 2.05) is 23.5 Å². The Hall–Kier alpha value is -0.330. The summed E-state index contributed by atoms with van der Waals surface area (Å²) in [6, 6.07) is 5.52. The van der Waals surface area contributed by atoms with Gasteiger partial charge in [-0.2, -0.15) is 36.7 Å². The Morgan fingerprint density at radius 1 is 1.26 bits per heavy atom. The van der Waals surface area contributed by atoms with E-state index in [1.54, 1.807) is 6.07 Å². The molecule has 2 rings (SSSR count). The normalized spacial score (nSPS) is 20.5. The summed E-state index contributed by atoms with van der Waals surface area (Å²) in [5.41, 5.74) is 0.109. The number of hydrogen-bond acceptors (Lipinski definition) is 3. The molecule has 19 heavy (non-hydrogen) atoms. The highest BCUT2D eigenvalue weighted by Gasteiger charge is 2.30. The molecule has 1 saturated heterocycles. The molecule has 0 amide bonds. The van der Waals surface area contributed by atoms with Crippen molar-refractivity contribution in [2.24, 2.45) is 0 Å². The fourth-order valence-corrected chi connectivity index (χ4v) is 4.54. The third kappa shape index (κ3) is 4.93. The quantitative estimate of drug-likeness (QED) is 0.912. The summed E-state index contributed by atoms with van der Waals surface area (Å²) in [5, 5.41) is 3.82. The lowest BCUT2D eigenvalue weighted by atomic mass is 10.1. The minimum atomic E-state index is -4.26. The first kappa shape index (κ1) is 15.1. The van der Waals surface area contributed by atoms with Gasteiger partial charge < -0.3 is 5.32 Å². The van der Waals surface area contributed by atoms with Crippen molar-refractivity contribution in [1.82, 2.24) is 5.32 Å². The predicted octanol–water partition coefficient (Wildman–Crippen LogP) is 3.64. The number of rotatable bonds is 4. The second kappa shape index (κ2) is 6.90. The Balaban J connectivity index is 1.82. The molecule has 1 nitrogen and oxygen atoms in total. The van der Waals surface area contributed by atoms with Crippen molar-refractivity contribution >= 4 is 23.5 Å². The monoisotopic (exact) mass is 307 g/mol. The van der Waals surface area contributed by atoms with Gasteiger partial charge in [-0.25, -0.2) is 0 Å². The summed E-state index contributed by atoms with van der Waals surface area (Å²) >= 11 is 3.89. The molecule has 1 N–H and O–H groups in total. The third-order valence-corrected chi connectivity index (χ3v) is 5.69. The zero-order valence-electron chi connectivity index (χ0n) is 10.4. The first-order valence-corrected chi connectivity index (χ1v) is 8.32. The summed E-state index contributed by atoms with van der Waals surface area (Å²) in [5.74, 6) is 3.50. The Morgan fingerprint density at radius 2 is 2.11 bits per heavy atom. The summed E-state index contributed by atoms with van der Waals surface area (Å²) in [6.07, 6.45) is -4.26. The van der Waals surface area contributed by atoms with E-state index in [4.69, 9.17) is 0 Å². The molecular weight excluding hydrogens is 291 g/mol. The highest BCUT2D eigenvalue weighted by atomic mass is 32.2. The molecule has 1 atom stereocenters. The van der Waals surface area contributed by atoms with Crippen molar-refractivity contribution in [2.75, 3.05) is 23.8 Å². The first-order valence-electron chi connectivity index (χ1n) is 6.12. The van der Waals surface area contributed by atoms with Crippen LogP contribution in [0.15, 0.2) is 24.3 Å². The van der Waals surface area contributed by atoms with Gasteiger partial charge >= 0.3 is 6.18 Å². The third-order valence-electron chi connectivity index (χ3n) is 2.84. The Kier molecular flexibility index (Phi) is 5.47. The highest BCUT2D eigenvalue weighted by molar-refractivity contribution is 8.06. The molecule has 0 spiro atoms. The Bertz CT molecular complexity index is 403. The molecule has 0 saturated carbocycles. The lowest BCUT2D eigenvalue weighted by Gasteiger charge is -2.21. The SMILES string of the molecule is FC(F)(F)c1cccc(CNCC2CSCCS2)c1. The van der Waals surface area contributed by atoms with Crippen LogP contribution in [0.3, 0.4) is 0 Å². The van der Waals surface area contributed by atoms with Crippen molar-refractivity contribution in [3.63, 3.8) is 0 Å². The van der Waals surface area contributed by atoms with Gasteiger partial charge in [-0.3, -0.25) is 0 Å². The molecule has 1 aliphatic heterocycles. The van der Waals surface area contributed by atoms with Crippen molar-refractivity contribution < 1.29 is 13.2 Å². The summed E-state index contributed by atoms with van der Waals surface area (Å²) < 4.78 is 37.7. The summed E-state index contributed by atoms with van der Waals surface area (Å²) in [6.45, 7) is 1.35. The van der Waals surface area contributed by atoms with Crippen molar-refractivity contribution in [3.8, 4) is 0 Å². The van der Waals surface area contributed by atoms with Crippen LogP contribution in [-0.2, 0) is 12.7 Å². The van der Waals surface area contributed by atoms with E-state index in [0.29, 0.717) is 17.4 Å². The largest absolute Gasteiger partial charge is 0.416 e. The minimum Gasteiger partial charge on any atom is -0.312 e. The van der Waals surface area contributed by atoms with E-state index in [0.717, 1.165) is 18.4 Å².